The molecular weight excluding hydrogens is 375 g/mol. The van der Waals surface area contributed by atoms with Crippen LogP contribution in [0.2, 0.25) is 4.34 Å². The van der Waals surface area contributed by atoms with Crippen molar-refractivity contribution in [3.8, 4) is 0 Å². The molecule has 1 aromatic carbocycles. The van der Waals surface area contributed by atoms with Crippen LogP contribution in [0.25, 0.3) is 0 Å². The lowest BCUT2D eigenvalue weighted by Crippen LogP contribution is -2.45. The van der Waals surface area contributed by atoms with Crippen molar-refractivity contribution >= 4 is 38.9 Å². The molecule has 1 saturated heterocycles. The first kappa shape index (κ1) is 15.4. The number of nitrogens with zero attached hydrogens (tertiary/aromatic N) is 1. The first-order chi connectivity index (χ1) is 10.1. The van der Waals surface area contributed by atoms with E-state index in [-0.39, 0.29) is 11.9 Å². The highest BCUT2D eigenvalue weighted by Gasteiger charge is 2.25. The Kier molecular flexibility index (Phi) is 4.96. The van der Waals surface area contributed by atoms with Crippen LogP contribution in [0.4, 0.5) is 4.39 Å². The Morgan fingerprint density at radius 3 is 2.62 bits per heavy atom. The molecule has 1 aliphatic rings. The molecule has 0 aliphatic carbocycles. The fourth-order valence-corrected chi connectivity index (χ4v) is 4.41. The largest absolute Gasteiger partial charge is 0.314 e. The van der Waals surface area contributed by atoms with E-state index in [0.29, 0.717) is 0 Å². The van der Waals surface area contributed by atoms with E-state index in [2.05, 4.69) is 26.1 Å². The van der Waals surface area contributed by atoms with Crippen molar-refractivity contribution in [3.05, 3.63) is 55.4 Å². The first-order valence-electron chi connectivity index (χ1n) is 6.79. The van der Waals surface area contributed by atoms with Crippen molar-refractivity contribution in [2.24, 2.45) is 0 Å². The van der Waals surface area contributed by atoms with Crippen LogP contribution in [0.15, 0.2) is 34.8 Å². The number of thiophene rings is 1. The second-order valence-corrected chi connectivity index (χ2v) is 7.70. The molecule has 1 aliphatic heterocycles. The minimum absolute atomic E-state index is 0.0524. The van der Waals surface area contributed by atoms with Gasteiger partial charge in [0.15, 0.2) is 0 Å². The quantitative estimate of drug-likeness (QED) is 0.842. The minimum Gasteiger partial charge on any atom is -0.314 e. The Morgan fingerprint density at radius 2 is 2.00 bits per heavy atom. The molecule has 2 nitrogen and oxygen atoms in total. The van der Waals surface area contributed by atoms with Crippen LogP contribution < -0.4 is 5.32 Å². The number of benzene rings is 1. The van der Waals surface area contributed by atoms with Gasteiger partial charge in [0, 0.05) is 35.5 Å². The molecular formula is C15H15BrClFN2S. The molecule has 1 N–H and O–H groups in total. The Balaban J connectivity index is 2.02. The van der Waals surface area contributed by atoms with Gasteiger partial charge < -0.3 is 5.32 Å². The number of rotatable bonds is 3. The number of nitrogens with one attached hydrogen (secondary N) is 1. The van der Waals surface area contributed by atoms with Crippen LogP contribution in [0.5, 0.6) is 0 Å². The monoisotopic (exact) mass is 388 g/mol. The van der Waals surface area contributed by atoms with Gasteiger partial charge in [0.05, 0.1) is 10.4 Å². The zero-order valence-corrected chi connectivity index (χ0v) is 14.4. The SMILES string of the molecule is Fc1cc(Br)cc([C@H](c2ccc(Cl)s2)N2CCNCC2)c1. The maximum absolute atomic E-state index is 13.8. The van der Waals surface area contributed by atoms with Gasteiger partial charge in [0.25, 0.3) is 0 Å². The summed E-state index contributed by atoms with van der Waals surface area (Å²) in [6.45, 7) is 3.78. The van der Waals surface area contributed by atoms with E-state index in [0.717, 1.165) is 45.4 Å². The third kappa shape index (κ3) is 3.66. The number of piperazine rings is 1. The van der Waals surface area contributed by atoms with Gasteiger partial charge >= 0.3 is 0 Å². The lowest BCUT2D eigenvalue weighted by molar-refractivity contribution is 0.200. The average Bonchev–Trinajstić information content (AvgIpc) is 2.85. The number of hydrogen-bond acceptors (Lipinski definition) is 3. The normalized spacial score (nSPS) is 17.9. The summed E-state index contributed by atoms with van der Waals surface area (Å²) in [7, 11) is 0. The maximum Gasteiger partial charge on any atom is 0.124 e. The summed E-state index contributed by atoms with van der Waals surface area (Å²) in [5, 5.41) is 3.35. The molecule has 0 saturated carbocycles. The van der Waals surface area contributed by atoms with Crippen molar-refractivity contribution in [2.45, 2.75) is 6.04 Å². The van der Waals surface area contributed by atoms with Crippen LogP contribution in [-0.2, 0) is 0 Å². The highest BCUT2D eigenvalue weighted by molar-refractivity contribution is 9.10. The predicted molar refractivity (Wildman–Crippen MR) is 89.7 cm³/mol. The van der Waals surface area contributed by atoms with Crippen LogP contribution in [-0.4, -0.2) is 31.1 Å². The van der Waals surface area contributed by atoms with Gasteiger partial charge in [0.2, 0.25) is 0 Å². The second-order valence-electron chi connectivity index (χ2n) is 5.03. The predicted octanol–water partition coefficient (Wildman–Crippen LogP) is 4.30. The molecule has 1 fully saturated rings. The molecule has 0 radical (unpaired) electrons. The molecule has 112 valence electrons. The van der Waals surface area contributed by atoms with E-state index < -0.39 is 0 Å². The third-order valence-electron chi connectivity index (χ3n) is 3.58. The average molecular weight is 390 g/mol. The molecule has 6 heteroatoms. The molecule has 0 spiro atoms. The minimum atomic E-state index is -0.220. The molecule has 3 rings (SSSR count). The summed E-state index contributed by atoms with van der Waals surface area (Å²) in [5.41, 5.74) is 0.960. The topological polar surface area (TPSA) is 15.3 Å². The van der Waals surface area contributed by atoms with E-state index in [1.807, 2.05) is 18.2 Å². The van der Waals surface area contributed by atoms with Crippen molar-refractivity contribution < 1.29 is 4.39 Å². The summed E-state index contributed by atoms with van der Waals surface area (Å²) in [6.07, 6.45) is 0. The first-order valence-corrected chi connectivity index (χ1v) is 8.78. The molecule has 0 bridgehead atoms. The molecule has 2 aromatic rings. The van der Waals surface area contributed by atoms with Gasteiger partial charge in [-0.2, -0.15) is 0 Å². The van der Waals surface area contributed by atoms with E-state index in [9.17, 15) is 4.39 Å². The van der Waals surface area contributed by atoms with Crippen LogP contribution >= 0.6 is 38.9 Å². The van der Waals surface area contributed by atoms with E-state index in [1.165, 1.54) is 6.07 Å². The maximum atomic E-state index is 13.8. The third-order valence-corrected chi connectivity index (χ3v) is 5.32. The van der Waals surface area contributed by atoms with Crippen molar-refractivity contribution in [2.75, 3.05) is 26.2 Å². The molecule has 21 heavy (non-hydrogen) atoms. The van der Waals surface area contributed by atoms with Crippen LogP contribution in [0.1, 0.15) is 16.5 Å². The standard InChI is InChI=1S/C15H15BrClFN2S/c16-11-7-10(8-12(18)9-11)15(13-1-2-14(17)21-13)20-5-3-19-4-6-20/h1-2,7-9,15,19H,3-6H2/t15-/m1/s1. The van der Waals surface area contributed by atoms with Gasteiger partial charge in [-0.15, -0.1) is 11.3 Å². The molecule has 0 amide bonds. The van der Waals surface area contributed by atoms with Gasteiger partial charge in [-0.1, -0.05) is 27.5 Å². The molecule has 0 unspecified atom stereocenters. The zero-order chi connectivity index (χ0) is 14.8. The summed E-state index contributed by atoms with van der Waals surface area (Å²) < 4.78 is 15.3. The summed E-state index contributed by atoms with van der Waals surface area (Å²) >= 11 is 11.0. The fraction of sp³-hybridized carbons (Fsp3) is 0.333. The van der Waals surface area contributed by atoms with E-state index in [1.54, 1.807) is 17.4 Å². The molecule has 2 heterocycles. The van der Waals surface area contributed by atoms with Gasteiger partial charge in [-0.25, -0.2) is 4.39 Å². The van der Waals surface area contributed by atoms with Crippen molar-refractivity contribution in [1.29, 1.82) is 0 Å². The smallest absolute Gasteiger partial charge is 0.124 e. The van der Waals surface area contributed by atoms with Gasteiger partial charge in [0.1, 0.15) is 5.82 Å². The van der Waals surface area contributed by atoms with Crippen molar-refractivity contribution in [3.63, 3.8) is 0 Å². The lowest BCUT2D eigenvalue weighted by Gasteiger charge is -2.34. The highest BCUT2D eigenvalue weighted by Crippen LogP contribution is 2.36. The molecule has 1 aromatic heterocycles. The lowest BCUT2D eigenvalue weighted by atomic mass is 10.0. The van der Waals surface area contributed by atoms with Crippen LogP contribution in [0.3, 0.4) is 0 Å². The summed E-state index contributed by atoms with van der Waals surface area (Å²) in [6, 6.07) is 9.09. The summed E-state index contributed by atoms with van der Waals surface area (Å²) in [5.74, 6) is -0.220. The highest BCUT2D eigenvalue weighted by atomic mass is 79.9. The number of halogens is 3. The Labute approximate surface area is 141 Å². The Bertz CT molecular complexity index is 608. The van der Waals surface area contributed by atoms with Gasteiger partial charge in [-0.05, 0) is 35.9 Å². The zero-order valence-electron chi connectivity index (χ0n) is 11.3. The second kappa shape index (κ2) is 6.75. The molecule has 1 atom stereocenters. The Hall–Kier alpha value is -0.460. The van der Waals surface area contributed by atoms with E-state index >= 15 is 0 Å². The number of hydrogen-bond donors (Lipinski definition) is 1. The van der Waals surface area contributed by atoms with Crippen molar-refractivity contribution in [1.82, 2.24) is 10.2 Å². The van der Waals surface area contributed by atoms with E-state index in [4.69, 9.17) is 11.6 Å². The van der Waals surface area contributed by atoms with Gasteiger partial charge in [-0.3, -0.25) is 4.90 Å². The van der Waals surface area contributed by atoms with Crippen LogP contribution in [0, 0.1) is 5.82 Å². The fourth-order valence-electron chi connectivity index (χ4n) is 2.70. The Morgan fingerprint density at radius 1 is 1.24 bits per heavy atom. The summed E-state index contributed by atoms with van der Waals surface area (Å²) in [4.78, 5) is 3.53.